The van der Waals surface area contributed by atoms with Crippen molar-refractivity contribution in [3.05, 3.63) is 35.5 Å². The van der Waals surface area contributed by atoms with Crippen molar-refractivity contribution in [1.82, 2.24) is 30.3 Å². The Morgan fingerprint density at radius 1 is 1.42 bits per heavy atom. The zero-order valence-corrected chi connectivity index (χ0v) is 13.1. The van der Waals surface area contributed by atoms with Gasteiger partial charge in [0.25, 0.3) is 5.91 Å². The predicted molar refractivity (Wildman–Crippen MR) is 81.6 cm³/mol. The summed E-state index contributed by atoms with van der Waals surface area (Å²) in [6, 6.07) is 5.18. The number of rotatable bonds is 6. The molecule has 1 amide bonds. The summed E-state index contributed by atoms with van der Waals surface area (Å²) in [5, 5.41) is 18.9. The predicted octanol–water partition coefficient (Wildman–Crippen LogP) is 1.32. The van der Waals surface area contributed by atoms with Crippen LogP contribution >= 0.6 is 0 Å². The van der Waals surface area contributed by atoms with E-state index < -0.39 is 0 Å². The standard InChI is InChI=1S/C15H16N6O3/c1-2-23-14-6-5-12-17-18-13(21(12)19-14)8-16-15(22)10-7-11(24-20-10)9-3-4-9/h5-7,9H,2-4,8H2,1H3,(H,16,22). The molecule has 124 valence electrons. The van der Waals surface area contributed by atoms with E-state index in [1.807, 2.05) is 6.92 Å². The van der Waals surface area contributed by atoms with Crippen molar-refractivity contribution >= 4 is 11.6 Å². The number of carbonyl (C=O) groups is 1. The van der Waals surface area contributed by atoms with Gasteiger partial charge in [-0.05, 0) is 25.8 Å². The molecule has 3 aromatic rings. The van der Waals surface area contributed by atoms with Crippen LogP contribution in [0.5, 0.6) is 5.88 Å². The summed E-state index contributed by atoms with van der Waals surface area (Å²) in [6.45, 7) is 2.57. The fourth-order valence-corrected chi connectivity index (χ4v) is 2.36. The normalized spacial score (nSPS) is 14.0. The molecular weight excluding hydrogens is 312 g/mol. The molecule has 0 atom stereocenters. The van der Waals surface area contributed by atoms with Crippen molar-refractivity contribution in [2.45, 2.75) is 32.2 Å². The molecule has 0 spiro atoms. The second-order valence-electron chi connectivity index (χ2n) is 5.56. The number of hydrogen-bond acceptors (Lipinski definition) is 7. The minimum atomic E-state index is -0.316. The van der Waals surface area contributed by atoms with Gasteiger partial charge in [0.15, 0.2) is 17.2 Å². The average molecular weight is 328 g/mol. The van der Waals surface area contributed by atoms with Gasteiger partial charge in [0.1, 0.15) is 5.76 Å². The molecular formula is C15H16N6O3. The van der Waals surface area contributed by atoms with Gasteiger partial charge in [0.2, 0.25) is 5.88 Å². The van der Waals surface area contributed by atoms with Gasteiger partial charge in [-0.15, -0.1) is 15.3 Å². The fraction of sp³-hybridized carbons (Fsp3) is 0.400. The van der Waals surface area contributed by atoms with Crippen LogP contribution in [0, 0.1) is 0 Å². The highest BCUT2D eigenvalue weighted by Crippen LogP contribution is 2.40. The van der Waals surface area contributed by atoms with E-state index in [0.29, 0.717) is 29.9 Å². The van der Waals surface area contributed by atoms with Crippen LogP contribution in [0.2, 0.25) is 0 Å². The van der Waals surface area contributed by atoms with Gasteiger partial charge < -0.3 is 14.6 Å². The molecule has 3 heterocycles. The van der Waals surface area contributed by atoms with Crippen molar-refractivity contribution in [2.75, 3.05) is 6.61 Å². The Morgan fingerprint density at radius 2 is 2.29 bits per heavy atom. The van der Waals surface area contributed by atoms with Crippen LogP contribution in [-0.2, 0) is 6.54 Å². The number of carbonyl (C=O) groups excluding carboxylic acids is 1. The maximum Gasteiger partial charge on any atom is 0.273 e. The van der Waals surface area contributed by atoms with E-state index in [9.17, 15) is 4.79 Å². The maximum absolute atomic E-state index is 12.2. The van der Waals surface area contributed by atoms with Crippen LogP contribution in [-0.4, -0.2) is 37.5 Å². The van der Waals surface area contributed by atoms with E-state index in [1.165, 1.54) is 0 Å². The van der Waals surface area contributed by atoms with Gasteiger partial charge in [0, 0.05) is 18.1 Å². The third-order valence-electron chi connectivity index (χ3n) is 3.74. The van der Waals surface area contributed by atoms with Crippen LogP contribution in [0.1, 0.15) is 47.8 Å². The van der Waals surface area contributed by atoms with Crippen LogP contribution < -0.4 is 10.1 Å². The zero-order valence-electron chi connectivity index (χ0n) is 13.1. The molecule has 9 heteroatoms. The monoisotopic (exact) mass is 328 g/mol. The van der Waals surface area contributed by atoms with E-state index in [1.54, 1.807) is 22.7 Å². The number of nitrogens with zero attached hydrogens (tertiary/aromatic N) is 5. The molecule has 24 heavy (non-hydrogen) atoms. The summed E-state index contributed by atoms with van der Waals surface area (Å²) in [5.41, 5.74) is 0.855. The average Bonchev–Trinajstić information content (AvgIpc) is 3.18. The van der Waals surface area contributed by atoms with Crippen molar-refractivity contribution in [3.8, 4) is 5.88 Å². The molecule has 0 unspecified atom stereocenters. The lowest BCUT2D eigenvalue weighted by Crippen LogP contribution is -2.24. The van der Waals surface area contributed by atoms with Crippen molar-refractivity contribution in [2.24, 2.45) is 0 Å². The lowest BCUT2D eigenvalue weighted by molar-refractivity contribution is 0.0940. The summed E-state index contributed by atoms with van der Waals surface area (Å²) in [7, 11) is 0. The van der Waals surface area contributed by atoms with E-state index in [0.717, 1.165) is 18.6 Å². The number of fused-ring (bicyclic) bond motifs is 1. The first-order chi connectivity index (χ1) is 11.7. The molecule has 1 saturated carbocycles. The number of nitrogens with one attached hydrogen (secondary N) is 1. The molecule has 4 rings (SSSR count). The fourth-order valence-electron chi connectivity index (χ4n) is 2.36. The molecule has 3 aromatic heterocycles. The molecule has 0 aliphatic heterocycles. The van der Waals surface area contributed by atoms with Gasteiger partial charge in [-0.3, -0.25) is 4.79 Å². The highest BCUT2D eigenvalue weighted by atomic mass is 16.5. The zero-order chi connectivity index (χ0) is 16.5. The first kappa shape index (κ1) is 14.6. The van der Waals surface area contributed by atoms with Crippen molar-refractivity contribution < 1.29 is 14.1 Å². The van der Waals surface area contributed by atoms with E-state index in [-0.39, 0.29) is 18.1 Å². The molecule has 0 radical (unpaired) electrons. The number of ether oxygens (including phenoxy) is 1. The molecule has 0 aromatic carbocycles. The second kappa shape index (κ2) is 5.91. The van der Waals surface area contributed by atoms with E-state index >= 15 is 0 Å². The third-order valence-corrected chi connectivity index (χ3v) is 3.74. The summed E-state index contributed by atoms with van der Waals surface area (Å²) in [5.74, 6) is 1.86. The van der Waals surface area contributed by atoms with E-state index in [4.69, 9.17) is 9.26 Å². The summed E-state index contributed by atoms with van der Waals surface area (Å²) in [6.07, 6.45) is 2.19. The minimum absolute atomic E-state index is 0.175. The van der Waals surface area contributed by atoms with Crippen LogP contribution in [0.15, 0.2) is 22.7 Å². The van der Waals surface area contributed by atoms with Gasteiger partial charge in [-0.25, -0.2) is 0 Å². The molecule has 1 fully saturated rings. The summed E-state index contributed by atoms with van der Waals surface area (Å²) < 4.78 is 12.1. The third kappa shape index (κ3) is 2.80. The number of amides is 1. The highest BCUT2D eigenvalue weighted by molar-refractivity contribution is 5.92. The Bertz CT molecular complexity index is 882. The molecule has 1 N–H and O–H groups in total. The Morgan fingerprint density at radius 3 is 3.08 bits per heavy atom. The topological polar surface area (TPSA) is 107 Å². The maximum atomic E-state index is 12.2. The Labute approximate surface area is 137 Å². The SMILES string of the molecule is CCOc1ccc2nnc(CNC(=O)c3cc(C4CC4)on3)n2n1. The highest BCUT2D eigenvalue weighted by Gasteiger charge is 2.28. The number of hydrogen-bond donors (Lipinski definition) is 1. The van der Waals surface area contributed by atoms with Gasteiger partial charge in [-0.1, -0.05) is 5.16 Å². The lowest BCUT2D eigenvalue weighted by Gasteiger charge is -2.04. The van der Waals surface area contributed by atoms with Crippen molar-refractivity contribution in [3.63, 3.8) is 0 Å². The Hall–Kier alpha value is -2.97. The molecule has 0 saturated heterocycles. The summed E-state index contributed by atoms with van der Waals surface area (Å²) in [4.78, 5) is 12.2. The van der Waals surface area contributed by atoms with Gasteiger partial charge in [0.05, 0.1) is 13.2 Å². The quantitative estimate of drug-likeness (QED) is 0.727. The van der Waals surface area contributed by atoms with E-state index in [2.05, 4.69) is 25.8 Å². The first-order valence-corrected chi connectivity index (χ1v) is 7.83. The largest absolute Gasteiger partial charge is 0.477 e. The van der Waals surface area contributed by atoms with Crippen molar-refractivity contribution in [1.29, 1.82) is 0 Å². The van der Waals surface area contributed by atoms with Gasteiger partial charge in [-0.2, -0.15) is 4.52 Å². The molecule has 1 aliphatic carbocycles. The minimum Gasteiger partial charge on any atom is -0.477 e. The molecule has 9 nitrogen and oxygen atoms in total. The Kier molecular flexibility index (Phi) is 3.60. The molecule has 0 bridgehead atoms. The first-order valence-electron chi connectivity index (χ1n) is 7.83. The van der Waals surface area contributed by atoms with Gasteiger partial charge >= 0.3 is 0 Å². The summed E-state index contributed by atoms with van der Waals surface area (Å²) >= 11 is 0. The number of aromatic nitrogens is 5. The lowest BCUT2D eigenvalue weighted by atomic mass is 10.3. The van der Waals surface area contributed by atoms with Crippen LogP contribution in [0.3, 0.4) is 0 Å². The second-order valence-corrected chi connectivity index (χ2v) is 5.56. The van der Waals surface area contributed by atoms with Crippen LogP contribution in [0.25, 0.3) is 5.65 Å². The smallest absolute Gasteiger partial charge is 0.273 e. The Balaban J connectivity index is 1.47. The molecule has 1 aliphatic rings. The van der Waals surface area contributed by atoms with Crippen LogP contribution in [0.4, 0.5) is 0 Å².